The number of hydrogen-bond donors (Lipinski definition) is 2. The van der Waals surface area contributed by atoms with Crippen LogP contribution in [0, 0.1) is 0 Å². The molecule has 4 heteroatoms. The third-order valence-corrected chi connectivity index (χ3v) is 3.58. The van der Waals surface area contributed by atoms with E-state index in [1.54, 1.807) is 12.1 Å². The van der Waals surface area contributed by atoms with Gasteiger partial charge < -0.3 is 15.3 Å². The Morgan fingerprint density at radius 2 is 2.12 bits per heavy atom. The molecule has 0 unspecified atom stereocenters. The number of piperidine rings is 1. The van der Waals surface area contributed by atoms with Gasteiger partial charge in [0, 0.05) is 23.2 Å². The third kappa shape index (κ3) is 3.60. The molecule has 1 aliphatic rings. The summed E-state index contributed by atoms with van der Waals surface area (Å²) in [6, 6.07) is 5.72. The van der Waals surface area contributed by atoms with E-state index in [-0.39, 0.29) is 0 Å². The van der Waals surface area contributed by atoms with Crippen LogP contribution in [0.2, 0.25) is 5.02 Å². The van der Waals surface area contributed by atoms with Crippen LogP contribution in [0.5, 0.6) is 5.75 Å². The number of halogens is 1. The molecule has 2 rings (SSSR count). The largest absolute Gasteiger partial charge is 0.508 e. The summed E-state index contributed by atoms with van der Waals surface area (Å²) in [5, 5.41) is 13.9. The van der Waals surface area contributed by atoms with Crippen LogP contribution in [0.3, 0.4) is 0 Å². The summed E-state index contributed by atoms with van der Waals surface area (Å²) in [6.07, 6.45) is 2.33. The molecule has 1 aromatic rings. The van der Waals surface area contributed by atoms with Gasteiger partial charge in [-0.3, -0.25) is 0 Å². The van der Waals surface area contributed by atoms with Gasteiger partial charge in [0.25, 0.3) is 0 Å². The quantitative estimate of drug-likeness (QED) is 0.868. The molecule has 0 atom stereocenters. The van der Waals surface area contributed by atoms with Crippen molar-refractivity contribution < 1.29 is 5.11 Å². The number of nitrogens with one attached hydrogen (secondary N) is 1. The number of rotatable bonds is 3. The molecule has 0 spiro atoms. The van der Waals surface area contributed by atoms with Crippen molar-refractivity contribution in [3.63, 3.8) is 0 Å². The van der Waals surface area contributed by atoms with Crippen molar-refractivity contribution >= 4 is 11.6 Å². The van der Waals surface area contributed by atoms with Crippen molar-refractivity contribution in [3.8, 4) is 5.75 Å². The lowest BCUT2D eigenvalue weighted by Crippen LogP contribution is -2.40. The molecular weight excluding hydrogens is 236 g/mol. The van der Waals surface area contributed by atoms with E-state index in [0.29, 0.717) is 23.4 Å². The van der Waals surface area contributed by atoms with Gasteiger partial charge in [-0.05, 0) is 51.2 Å². The van der Waals surface area contributed by atoms with Gasteiger partial charge in [0.05, 0.1) is 0 Å². The average Bonchev–Trinajstić information content (AvgIpc) is 2.32. The van der Waals surface area contributed by atoms with Crippen LogP contribution < -0.4 is 5.32 Å². The van der Waals surface area contributed by atoms with Crippen molar-refractivity contribution in [2.75, 3.05) is 20.1 Å². The molecule has 1 aromatic carbocycles. The van der Waals surface area contributed by atoms with Gasteiger partial charge in [-0.1, -0.05) is 11.6 Å². The van der Waals surface area contributed by atoms with Crippen molar-refractivity contribution in [1.82, 2.24) is 10.2 Å². The third-order valence-electron chi connectivity index (χ3n) is 3.34. The standard InChI is InChI=1S/C13H19ClN2O/c1-16-6-4-12(5-7-16)15-9-10-8-11(14)2-3-13(10)17/h2-3,8,12,15,17H,4-7,9H2,1H3. The molecule has 0 bridgehead atoms. The summed E-state index contributed by atoms with van der Waals surface area (Å²) >= 11 is 5.91. The van der Waals surface area contributed by atoms with Gasteiger partial charge in [-0.25, -0.2) is 0 Å². The first-order valence-electron chi connectivity index (χ1n) is 6.04. The number of aromatic hydroxyl groups is 1. The minimum Gasteiger partial charge on any atom is -0.508 e. The molecule has 2 N–H and O–H groups in total. The lowest BCUT2D eigenvalue weighted by Gasteiger charge is -2.29. The van der Waals surface area contributed by atoms with Crippen LogP contribution in [-0.2, 0) is 6.54 Å². The highest BCUT2D eigenvalue weighted by Crippen LogP contribution is 2.21. The maximum atomic E-state index is 9.70. The Kier molecular flexibility index (Phi) is 4.26. The van der Waals surface area contributed by atoms with Gasteiger partial charge in [0.15, 0.2) is 0 Å². The van der Waals surface area contributed by atoms with Gasteiger partial charge in [-0.2, -0.15) is 0 Å². The van der Waals surface area contributed by atoms with E-state index in [1.807, 2.05) is 6.07 Å². The maximum Gasteiger partial charge on any atom is 0.120 e. The molecule has 1 saturated heterocycles. The van der Waals surface area contributed by atoms with Gasteiger partial charge in [0.1, 0.15) is 5.75 Å². The number of nitrogens with zero attached hydrogens (tertiary/aromatic N) is 1. The molecule has 1 aliphatic heterocycles. The summed E-state index contributed by atoms with van der Waals surface area (Å²) in [7, 11) is 2.15. The Balaban J connectivity index is 1.87. The van der Waals surface area contributed by atoms with Gasteiger partial charge >= 0.3 is 0 Å². The summed E-state index contributed by atoms with van der Waals surface area (Å²) in [5.74, 6) is 0.315. The zero-order chi connectivity index (χ0) is 12.3. The highest BCUT2D eigenvalue weighted by molar-refractivity contribution is 6.30. The molecular formula is C13H19ClN2O. The Bertz CT molecular complexity index is 376. The van der Waals surface area contributed by atoms with E-state index in [0.717, 1.165) is 31.5 Å². The summed E-state index contributed by atoms with van der Waals surface area (Å²) in [5.41, 5.74) is 0.872. The van der Waals surface area contributed by atoms with E-state index in [2.05, 4.69) is 17.3 Å². The zero-order valence-corrected chi connectivity index (χ0v) is 10.9. The normalized spacial score (nSPS) is 18.5. The van der Waals surface area contributed by atoms with Crippen molar-refractivity contribution in [2.45, 2.75) is 25.4 Å². The monoisotopic (exact) mass is 254 g/mol. The summed E-state index contributed by atoms with van der Waals surface area (Å²) < 4.78 is 0. The highest BCUT2D eigenvalue weighted by atomic mass is 35.5. The number of benzene rings is 1. The first-order chi connectivity index (χ1) is 8.15. The molecule has 3 nitrogen and oxygen atoms in total. The second kappa shape index (κ2) is 5.71. The number of phenols is 1. The molecule has 1 heterocycles. The van der Waals surface area contributed by atoms with Gasteiger partial charge in [-0.15, -0.1) is 0 Å². The van der Waals surface area contributed by atoms with Crippen molar-refractivity contribution in [3.05, 3.63) is 28.8 Å². The van der Waals surface area contributed by atoms with Crippen LogP contribution in [0.4, 0.5) is 0 Å². The van der Waals surface area contributed by atoms with Crippen LogP contribution >= 0.6 is 11.6 Å². The van der Waals surface area contributed by atoms with Crippen LogP contribution in [-0.4, -0.2) is 36.2 Å². The average molecular weight is 255 g/mol. The second-order valence-corrected chi connectivity index (χ2v) is 5.17. The molecule has 0 aromatic heterocycles. The Labute approximate surface area is 107 Å². The molecule has 17 heavy (non-hydrogen) atoms. The fourth-order valence-electron chi connectivity index (χ4n) is 2.16. The molecule has 0 aliphatic carbocycles. The number of phenolic OH excluding ortho intramolecular Hbond substituents is 1. The first-order valence-corrected chi connectivity index (χ1v) is 6.42. The lowest BCUT2D eigenvalue weighted by molar-refractivity contribution is 0.233. The maximum absolute atomic E-state index is 9.70. The van der Waals surface area contributed by atoms with Gasteiger partial charge in [0.2, 0.25) is 0 Å². The van der Waals surface area contributed by atoms with Crippen LogP contribution in [0.25, 0.3) is 0 Å². The van der Waals surface area contributed by atoms with E-state index in [4.69, 9.17) is 11.6 Å². The topological polar surface area (TPSA) is 35.5 Å². The molecule has 0 saturated carbocycles. The predicted molar refractivity (Wildman–Crippen MR) is 70.5 cm³/mol. The molecule has 94 valence electrons. The minimum atomic E-state index is 0.315. The van der Waals surface area contributed by atoms with Crippen molar-refractivity contribution in [1.29, 1.82) is 0 Å². The van der Waals surface area contributed by atoms with Crippen LogP contribution in [0.1, 0.15) is 18.4 Å². The Morgan fingerprint density at radius 1 is 1.41 bits per heavy atom. The van der Waals surface area contributed by atoms with E-state index in [1.165, 1.54) is 0 Å². The SMILES string of the molecule is CN1CCC(NCc2cc(Cl)ccc2O)CC1. The smallest absolute Gasteiger partial charge is 0.120 e. The zero-order valence-electron chi connectivity index (χ0n) is 10.1. The second-order valence-electron chi connectivity index (χ2n) is 4.73. The summed E-state index contributed by atoms with van der Waals surface area (Å²) in [6.45, 7) is 2.96. The predicted octanol–water partition coefficient (Wildman–Crippen LogP) is 2.23. The first kappa shape index (κ1) is 12.7. The van der Waals surface area contributed by atoms with Crippen molar-refractivity contribution in [2.24, 2.45) is 0 Å². The van der Waals surface area contributed by atoms with E-state index >= 15 is 0 Å². The fraction of sp³-hybridized carbons (Fsp3) is 0.538. The van der Waals surface area contributed by atoms with Crippen LogP contribution in [0.15, 0.2) is 18.2 Å². The molecule has 0 amide bonds. The summed E-state index contributed by atoms with van der Waals surface area (Å²) in [4.78, 5) is 2.34. The number of hydrogen-bond acceptors (Lipinski definition) is 3. The lowest BCUT2D eigenvalue weighted by atomic mass is 10.1. The Hall–Kier alpha value is -0.770. The highest BCUT2D eigenvalue weighted by Gasteiger charge is 2.16. The van der Waals surface area contributed by atoms with E-state index < -0.39 is 0 Å². The molecule has 1 fully saturated rings. The molecule has 0 radical (unpaired) electrons. The minimum absolute atomic E-state index is 0.315. The Morgan fingerprint density at radius 3 is 2.82 bits per heavy atom. The van der Waals surface area contributed by atoms with E-state index in [9.17, 15) is 5.11 Å². The number of likely N-dealkylation sites (tertiary alicyclic amines) is 1. The fourth-order valence-corrected chi connectivity index (χ4v) is 2.36.